The zero-order valence-electron chi connectivity index (χ0n) is 16.0. The summed E-state index contributed by atoms with van der Waals surface area (Å²) in [4.78, 5) is 18.8. The van der Waals surface area contributed by atoms with E-state index in [1.54, 1.807) is 11.1 Å². The molecule has 0 saturated carbocycles. The molecule has 28 heavy (non-hydrogen) atoms. The van der Waals surface area contributed by atoms with Gasteiger partial charge >= 0.3 is 0 Å². The first-order valence-electron chi connectivity index (χ1n) is 9.68. The maximum absolute atomic E-state index is 13.2. The number of nitrogens with zero attached hydrogens (tertiary/aromatic N) is 5. The molecule has 1 aromatic carbocycles. The largest absolute Gasteiger partial charge is 0.493 e. The molecule has 0 spiro atoms. The van der Waals surface area contributed by atoms with Crippen molar-refractivity contribution in [3.8, 4) is 23.2 Å². The van der Waals surface area contributed by atoms with Crippen LogP contribution < -0.4 is 9.64 Å². The van der Waals surface area contributed by atoms with Crippen LogP contribution in [0.2, 0.25) is 0 Å². The number of nitriles is 1. The number of rotatable bonds is 5. The van der Waals surface area contributed by atoms with Gasteiger partial charge in [0.15, 0.2) is 6.19 Å². The number of anilines is 1. The number of fused-ring (bicyclic) bond motifs is 1. The highest BCUT2D eigenvalue weighted by atomic mass is 16.5. The van der Waals surface area contributed by atoms with Crippen LogP contribution in [0.4, 0.5) is 5.69 Å². The van der Waals surface area contributed by atoms with E-state index in [9.17, 15) is 10.1 Å². The molecule has 0 aliphatic carbocycles. The SMILES string of the molecule is CCCOc1cc(N2CCN3CCN(C#N)CC3C2=O)ccc1-c1ccn[nH]1. The molecule has 0 radical (unpaired) electrons. The van der Waals surface area contributed by atoms with E-state index in [1.165, 1.54) is 0 Å². The number of hydrogen-bond acceptors (Lipinski definition) is 6. The van der Waals surface area contributed by atoms with E-state index in [2.05, 4.69) is 28.2 Å². The van der Waals surface area contributed by atoms with Gasteiger partial charge < -0.3 is 14.5 Å². The zero-order valence-corrected chi connectivity index (χ0v) is 16.0. The number of ether oxygens (including phenoxy) is 1. The third kappa shape index (κ3) is 3.41. The van der Waals surface area contributed by atoms with Gasteiger partial charge in [-0.2, -0.15) is 10.4 Å². The Hall–Kier alpha value is -3.05. The second-order valence-electron chi connectivity index (χ2n) is 7.09. The van der Waals surface area contributed by atoms with Crippen LogP contribution in [-0.4, -0.2) is 71.3 Å². The molecule has 1 N–H and O–H groups in total. The maximum atomic E-state index is 13.2. The highest BCUT2D eigenvalue weighted by molar-refractivity contribution is 5.98. The summed E-state index contributed by atoms with van der Waals surface area (Å²) in [5.41, 5.74) is 2.63. The van der Waals surface area contributed by atoms with Gasteiger partial charge in [0.25, 0.3) is 0 Å². The summed E-state index contributed by atoms with van der Waals surface area (Å²) >= 11 is 0. The molecule has 2 saturated heterocycles. The van der Waals surface area contributed by atoms with Crippen molar-refractivity contribution >= 4 is 11.6 Å². The quantitative estimate of drug-likeness (QED) is 0.794. The molecule has 1 unspecified atom stereocenters. The predicted octanol–water partition coefficient (Wildman–Crippen LogP) is 1.68. The van der Waals surface area contributed by atoms with Crippen LogP contribution >= 0.6 is 0 Å². The van der Waals surface area contributed by atoms with Gasteiger partial charge in [0.05, 0.1) is 18.8 Å². The normalized spacial score (nSPS) is 20.0. The van der Waals surface area contributed by atoms with Crippen molar-refractivity contribution in [3.05, 3.63) is 30.5 Å². The summed E-state index contributed by atoms with van der Waals surface area (Å²) in [6, 6.07) is 7.48. The average Bonchev–Trinajstić information content (AvgIpc) is 3.27. The van der Waals surface area contributed by atoms with Crippen molar-refractivity contribution in [1.82, 2.24) is 20.0 Å². The van der Waals surface area contributed by atoms with Crippen LogP contribution in [0.5, 0.6) is 5.75 Å². The monoisotopic (exact) mass is 380 g/mol. The molecule has 8 nitrogen and oxygen atoms in total. The number of amides is 1. The average molecular weight is 380 g/mol. The maximum Gasteiger partial charge on any atom is 0.246 e. The minimum atomic E-state index is -0.269. The molecular weight excluding hydrogens is 356 g/mol. The first-order chi connectivity index (χ1) is 13.7. The van der Waals surface area contributed by atoms with Crippen LogP contribution in [0.25, 0.3) is 11.3 Å². The number of aromatic nitrogens is 2. The summed E-state index contributed by atoms with van der Waals surface area (Å²) in [5.74, 6) is 0.781. The fraction of sp³-hybridized carbons (Fsp3) is 0.450. The van der Waals surface area contributed by atoms with Gasteiger partial charge in [-0.1, -0.05) is 6.92 Å². The summed E-state index contributed by atoms with van der Waals surface area (Å²) in [6.45, 7) is 6.01. The lowest BCUT2D eigenvalue weighted by Gasteiger charge is -2.45. The molecule has 2 fully saturated rings. The molecule has 1 atom stereocenters. The number of aromatic amines is 1. The Morgan fingerprint density at radius 2 is 2.14 bits per heavy atom. The first kappa shape index (κ1) is 18.3. The smallest absolute Gasteiger partial charge is 0.246 e. The van der Waals surface area contributed by atoms with Gasteiger partial charge in [-0.05, 0) is 24.6 Å². The minimum absolute atomic E-state index is 0.0435. The van der Waals surface area contributed by atoms with E-state index in [1.807, 2.05) is 29.2 Å². The molecule has 146 valence electrons. The molecule has 4 rings (SSSR count). The topological polar surface area (TPSA) is 88.5 Å². The Morgan fingerprint density at radius 3 is 2.89 bits per heavy atom. The lowest BCUT2D eigenvalue weighted by molar-refractivity contribution is -0.127. The van der Waals surface area contributed by atoms with E-state index in [0.717, 1.165) is 42.2 Å². The molecule has 1 aromatic heterocycles. The van der Waals surface area contributed by atoms with Gasteiger partial charge in [0.1, 0.15) is 11.8 Å². The van der Waals surface area contributed by atoms with Gasteiger partial charge in [0.2, 0.25) is 5.91 Å². The van der Waals surface area contributed by atoms with Crippen LogP contribution in [0, 0.1) is 11.5 Å². The van der Waals surface area contributed by atoms with Crippen molar-refractivity contribution in [2.24, 2.45) is 0 Å². The Bertz CT molecular complexity index is 875. The second-order valence-corrected chi connectivity index (χ2v) is 7.09. The van der Waals surface area contributed by atoms with E-state index >= 15 is 0 Å². The molecular formula is C20H24N6O2. The fourth-order valence-electron chi connectivity index (χ4n) is 3.83. The Morgan fingerprint density at radius 1 is 1.29 bits per heavy atom. The second kappa shape index (κ2) is 7.90. The van der Waals surface area contributed by atoms with E-state index in [-0.39, 0.29) is 11.9 Å². The van der Waals surface area contributed by atoms with Crippen molar-refractivity contribution in [2.45, 2.75) is 19.4 Å². The van der Waals surface area contributed by atoms with Crippen LogP contribution in [-0.2, 0) is 4.79 Å². The number of carbonyl (C=O) groups is 1. The molecule has 2 aliphatic heterocycles. The molecule has 0 bridgehead atoms. The number of H-pyrrole nitrogens is 1. The third-order valence-electron chi connectivity index (χ3n) is 5.32. The number of benzene rings is 1. The molecule has 3 heterocycles. The third-order valence-corrected chi connectivity index (χ3v) is 5.32. The zero-order chi connectivity index (χ0) is 19.5. The summed E-state index contributed by atoms with van der Waals surface area (Å²) < 4.78 is 5.97. The number of hydrogen-bond donors (Lipinski definition) is 1. The molecule has 2 aliphatic rings. The van der Waals surface area contributed by atoms with Crippen molar-refractivity contribution in [3.63, 3.8) is 0 Å². The molecule has 8 heteroatoms. The highest BCUT2D eigenvalue weighted by Gasteiger charge is 2.39. The van der Waals surface area contributed by atoms with E-state index < -0.39 is 0 Å². The lowest BCUT2D eigenvalue weighted by atomic mass is 10.1. The summed E-state index contributed by atoms with van der Waals surface area (Å²) in [5, 5.41) is 16.2. The van der Waals surface area contributed by atoms with Crippen molar-refractivity contribution in [2.75, 3.05) is 44.2 Å². The molecule has 2 aromatic rings. The van der Waals surface area contributed by atoms with Crippen LogP contribution in [0.15, 0.2) is 30.5 Å². The minimum Gasteiger partial charge on any atom is -0.493 e. The number of piperazine rings is 2. The number of carbonyl (C=O) groups excluding carboxylic acids is 1. The van der Waals surface area contributed by atoms with E-state index in [0.29, 0.717) is 26.2 Å². The van der Waals surface area contributed by atoms with Gasteiger partial charge in [0, 0.05) is 49.7 Å². The van der Waals surface area contributed by atoms with Gasteiger partial charge in [-0.25, -0.2) is 0 Å². The molecule has 1 amide bonds. The predicted molar refractivity (Wildman–Crippen MR) is 105 cm³/mol. The van der Waals surface area contributed by atoms with E-state index in [4.69, 9.17) is 4.74 Å². The fourth-order valence-corrected chi connectivity index (χ4v) is 3.83. The Labute approximate surface area is 164 Å². The Kier molecular flexibility index (Phi) is 5.17. The van der Waals surface area contributed by atoms with Crippen LogP contribution in [0.3, 0.4) is 0 Å². The summed E-state index contributed by atoms with van der Waals surface area (Å²) in [6.07, 6.45) is 4.78. The lowest BCUT2D eigenvalue weighted by Crippen LogP contribution is -2.64. The number of nitrogens with one attached hydrogen (secondary N) is 1. The van der Waals surface area contributed by atoms with Crippen molar-refractivity contribution < 1.29 is 9.53 Å². The van der Waals surface area contributed by atoms with Gasteiger partial charge in [-0.3, -0.25) is 14.8 Å². The first-order valence-corrected chi connectivity index (χ1v) is 9.68. The highest BCUT2D eigenvalue weighted by Crippen LogP contribution is 2.34. The van der Waals surface area contributed by atoms with Crippen LogP contribution in [0.1, 0.15) is 13.3 Å². The van der Waals surface area contributed by atoms with Gasteiger partial charge in [-0.15, -0.1) is 0 Å². The summed E-state index contributed by atoms with van der Waals surface area (Å²) in [7, 11) is 0. The Balaban J connectivity index is 1.61. The standard InChI is InChI=1S/C20H24N6O2/c1-2-11-28-19-12-15(3-4-16(19)17-5-6-22-23-17)26-10-9-25-8-7-24(14-21)13-18(25)20(26)27/h3-6,12,18H,2,7-11,13H2,1H3,(H,22,23). The van der Waals surface area contributed by atoms with Crippen molar-refractivity contribution in [1.29, 1.82) is 5.26 Å².